The fourth-order valence-corrected chi connectivity index (χ4v) is 7.75. The molecule has 10 rings (SSSR count). The van der Waals surface area contributed by atoms with Gasteiger partial charge in [0.2, 0.25) is 0 Å². The van der Waals surface area contributed by atoms with Crippen LogP contribution in [0.1, 0.15) is 12.2 Å². The zero-order valence-corrected chi connectivity index (χ0v) is 32.4. The van der Waals surface area contributed by atoms with Gasteiger partial charge in [0, 0.05) is 57.5 Å². The Labute approximate surface area is 339 Å². The second-order valence-electron chi connectivity index (χ2n) is 14.1. The Morgan fingerprint density at radius 2 is 1.07 bits per heavy atom. The van der Waals surface area contributed by atoms with E-state index >= 15 is 0 Å². The molecule has 2 aromatic heterocycles. The van der Waals surface area contributed by atoms with Crippen molar-refractivity contribution >= 4 is 66.8 Å². The first-order valence-electron chi connectivity index (χ1n) is 19.7. The Hall–Kier alpha value is -7.57. The van der Waals surface area contributed by atoms with Gasteiger partial charge in [0.15, 0.2) is 0 Å². The molecule has 282 valence electrons. The van der Waals surface area contributed by atoms with Crippen molar-refractivity contribution in [3.05, 3.63) is 224 Å². The van der Waals surface area contributed by atoms with Crippen LogP contribution in [-0.4, -0.2) is 21.2 Å². The van der Waals surface area contributed by atoms with Gasteiger partial charge in [-0.05, 0) is 97.4 Å². The van der Waals surface area contributed by atoms with Crippen molar-refractivity contribution in [1.29, 1.82) is 0 Å². The molecule has 0 amide bonds. The number of nitrogens with one attached hydrogen (secondary N) is 2. The molecule has 58 heavy (non-hydrogen) atoms. The molecule has 2 heterocycles. The van der Waals surface area contributed by atoms with Crippen LogP contribution in [0.15, 0.2) is 218 Å². The predicted octanol–water partition coefficient (Wildman–Crippen LogP) is 13.0. The smallest absolute Gasteiger partial charge is 0.144 e. The summed E-state index contributed by atoms with van der Waals surface area (Å²) in [5, 5.41) is 9.16. The zero-order valence-electron chi connectivity index (χ0n) is 32.4. The lowest BCUT2D eigenvalue weighted by atomic mass is 10.1. The van der Waals surface area contributed by atoms with Crippen LogP contribution < -0.4 is 15.5 Å². The molecule has 0 radical (unpaired) electrons. The average Bonchev–Trinajstić information content (AvgIpc) is 3.69. The van der Waals surface area contributed by atoms with Gasteiger partial charge in [-0.15, -0.1) is 0 Å². The van der Waals surface area contributed by atoms with E-state index in [1.807, 2.05) is 67.7 Å². The number of hydrogen-bond donors (Lipinski definition) is 2. The molecule has 7 aromatic carbocycles. The van der Waals surface area contributed by atoms with Crippen molar-refractivity contribution in [2.24, 2.45) is 0 Å². The molecule has 1 aliphatic carbocycles. The van der Waals surface area contributed by atoms with Crippen LogP contribution in [0, 0.1) is 0 Å². The first-order chi connectivity index (χ1) is 28.7. The van der Waals surface area contributed by atoms with E-state index in [0.717, 1.165) is 63.0 Å². The summed E-state index contributed by atoms with van der Waals surface area (Å²) in [6.45, 7) is 0.623. The number of rotatable bonds is 9. The zero-order chi connectivity index (χ0) is 39.1. The number of benzene rings is 7. The van der Waals surface area contributed by atoms with E-state index in [1.54, 1.807) is 0 Å². The molecule has 0 unspecified atom stereocenters. The molecule has 0 saturated heterocycles. The van der Waals surface area contributed by atoms with E-state index in [2.05, 4.69) is 176 Å². The lowest BCUT2D eigenvalue weighted by Crippen LogP contribution is -2.13. The maximum atomic E-state index is 5.18. The third-order valence-electron chi connectivity index (χ3n) is 10.5. The SMILES string of the molecule is CNC1=C(c2nc3ccccc3n2Cn2c3ccccc3c3cc(N(c4ccccc4)c4ccccc4)ccc32)C=CCC=C1.c1ccc(Nc2ccccc2)cc1. The molecular weight excluding hydrogens is 709 g/mol. The van der Waals surface area contributed by atoms with Crippen LogP contribution in [0.4, 0.5) is 28.4 Å². The molecule has 0 saturated carbocycles. The van der Waals surface area contributed by atoms with Gasteiger partial charge in [-0.3, -0.25) is 0 Å². The first-order valence-corrected chi connectivity index (χ1v) is 19.7. The monoisotopic (exact) mass is 752 g/mol. The number of para-hydroxylation sites is 7. The summed E-state index contributed by atoms with van der Waals surface area (Å²) in [6, 6.07) is 65.5. The molecule has 2 N–H and O–H groups in total. The van der Waals surface area contributed by atoms with Gasteiger partial charge >= 0.3 is 0 Å². The second kappa shape index (κ2) is 16.7. The normalized spacial score (nSPS) is 12.4. The van der Waals surface area contributed by atoms with E-state index in [1.165, 1.54) is 21.8 Å². The minimum absolute atomic E-state index is 0.623. The van der Waals surface area contributed by atoms with E-state index < -0.39 is 0 Å². The van der Waals surface area contributed by atoms with Gasteiger partial charge in [-0.2, -0.15) is 0 Å². The van der Waals surface area contributed by atoms with Crippen molar-refractivity contribution in [2.45, 2.75) is 13.1 Å². The van der Waals surface area contributed by atoms with Crippen molar-refractivity contribution in [3.63, 3.8) is 0 Å². The van der Waals surface area contributed by atoms with Crippen molar-refractivity contribution < 1.29 is 0 Å². The van der Waals surface area contributed by atoms with E-state index in [9.17, 15) is 0 Å². The number of imidazole rings is 1. The minimum Gasteiger partial charge on any atom is -0.388 e. The van der Waals surface area contributed by atoms with Gasteiger partial charge in [0.05, 0.1) is 22.1 Å². The van der Waals surface area contributed by atoms with Crippen LogP contribution in [0.25, 0.3) is 38.4 Å². The number of likely N-dealkylation sites (N-methyl/N-ethyl adjacent to an activating group) is 1. The average molecular weight is 753 g/mol. The van der Waals surface area contributed by atoms with Crippen LogP contribution in [0.2, 0.25) is 0 Å². The Balaban J connectivity index is 0.000000285. The van der Waals surface area contributed by atoms with Crippen LogP contribution >= 0.6 is 0 Å². The van der Waals surface area contributed by atoms with Gasteiger partial charge in [0.1, 0.15) is 12.5 Å². The highest BCUT2D eigenvalue weighted by molar-refractivity contribution is 6.09. The van der Waals surface area contributed by atoms with Crippen LogP contribution in [0.3, 0.4) is 0 Å². The Kier molecular flexibility index (Phi) is 10.4. The summed E-state index contributed by atoms with van der Waals surface area (Å²) in [6.07, 6.45) is 9.64. The number of allylic oxidation sites excluding steroid dienone is 5. The number of hydrogen-bond acceptors (Lipinski definition) is 4. The molecule has 0 aliphatic heterocycles. The summed E-state index contributed by atoms with van der Waals surface area (Å²) in [4.78, 5) is 7.51. The fraction of sp³-hybridized carbons (Fsp3) is 0.0577. The summed E-state index contributed by atoms with van der Waals surface area (Å²) >= 11 is 0. The maximum Gasteiger partial charge on any atom is 0.144 e. The van der Waals surface area contributed by atoms with Crippen molar-refractivity contribution in [2.75, 3.05) is 17.3 Å². The van der Waals surface area contributed by atoms with Gasteiger partial charge < -0.3 is 24.7 Å². The van der Waals surface area contributed by atoms with Crippen LogP contribution in [0.5, 0.6) is 0 Å². The highest BCUT2D eigenvalue weighted by atomic mass is 15.2. The number of anilines is 5. The lowest BCUT2D eigenvalue weighted by Gasteiger charge is -2.25. The topological polar surface area (TPSA) is 50.1 Å². The first kappa shape index (κ1) is 36.1. The standard InChI is InChI=1S/C40H33N5.C12H11N/c1-41-35-21-10-4-9-20-33(35)40-42-36-22-12-14-24-39(36)44(40)28-43-37-23-13-11-19-32(37)34-27-31(25-26-38(34)43)45(29-15-5-2-6-16-29)30-17-7-3-8-18-30;1-3-7-11(8-4-1)13-12-9-5-2-6-10-12/h2-3,5-27,41H,4,28H2,1H3;1-10,13H. The minimum atomic E-state index is 0.623. The summed E-state index contributed by atoms with van der Waals surface area (Å²) in [5.41, 5.74) is 12.2. The second-order valence-corrected chi connectivity index (χ2v) is 14.1. The Morgan fingerprint density at radius 1 is 0.517 bits per heavy atom. The highest BCUT2D eigenvalue weighted by Crippen LogP contribution is 2.39. The number of aromatic nitrogens is 3. The molecule has 0 atom stereocenters. The molecule has 1 aliphatic rings. The molecule has 0 fully saturated rings. The third-order valence-corrected chi connectivity index (χ3v) is 10.5. The molecule has 6 nitrogen and oxygen atoms in total. The van der Waals surface area contributed by atoms with Gasteiger partial charge in [0.25, 0.3) is 0 Å². The third kappa shape index (κ3) is 7.39. The van der Waals surface area contributed by atoms with Crippen LogP contribution in [-0.2, 0) is 6.67 Å². The van der Waals surface area contributed by atoms with Crippen molar-refractivity contribution in [3.8, 4) is 0 Å². The fourth-order valence-electron chi connectivity index (χ4n) is 7.75. The summed E-state index contributed by atoms with van der Waals surface area (Å²) in [7, 11) is 1.98. The van der Waals surface area contributed by atoms with Gasteiger partial charge in [-0.25, -0.2) is 4.98 Å². The quantitative estimate of drug-likeness (QED) is 0.154. The molecule has 0 bridgehead atoms. The summed E-state index contributed by atoms with van der Waals surface area (Å²) in [5.74, 6) is 0.949. The molecular formula is C52H44N6. The van der Waals surface area contributed by atoms with E-state index in [-0.39, 0.29) is 0 Å². The number of fused-ring (bicyclic) bond motifs is 4. The molecule has 6 heteroatoms. The highest BCUT2D eigenvalue weighted by Gasteiger charge is 2.20. The van der Waals surface area contributed by atoms with Gasteiger partial charge in [-0.1, -0.05) is 121 Å². The number of nitrogens with zero attached hydrogens (tertiary/aromatic N) is 4. The molecule has 0 spiro atoms. The predicted molar refractivity (Wildman–Crippen MR) is 244 cm³/mol. The largest absolute Gasteiger partial charge is 0.388 e. The maximum absolute atomic E-state index is 5.18. The van der Waals surface area contributed by atoms with Crippen molar-refractivity contribution in [1.82, 2.24) is 19.4 Å². The van der Waals surface area contributed by atoms with E-state index in [0.29, 0.717) is 6.67 Å². The lowest BCUT2D eigenvalue weighted by molar-refractivity contribution is 0.651. The summed E-state index contributed by atoms with van der Waals surface area (Å²) < 4.78 is 4.78. The molecule has 9 aromatic rings. The Morgan fingerprint density at radius 3 is 1.72 bits per heavy atom. The van der Waals surface area contributed by atoms with E-state index in [4.69, 9.17) is 4.98 Å². The Bertz CT molecular complexity index is 2810.